The molecule has 0 amide bonds. The van der Waals surface area contributed by atoms with Crippen molar-refractivity contribution in [2.24, 2.45) is 0 Å². The monoisotopic (exact) mass is 323 g/mol. The second-order valence-corrected chi connectivity index (χ2v) is 5.70. The largest absolute Gasteiger partial charge is 0.494 e. The van der Waals surface area contributed by atoms with E-state index in [2.05, 4.69) is 29.0 Å². The fourth-order valence-corrected chi connectivity index (χ4v) is 2.80. The van der Waals surface area contributed by atoms with Crippen LogP contribution >= 0.6 is 0 Å². The van der Waals surface area contributed by atoms with Gasteiger partial charge in [-0.05, 0) is 18.1 Å². The third-order valence-electron chi connectivity index (χ3n) is 3.97. The molecule has 124 valence electrons. The quantitative estimate of drug-likeness (QED) is 0.749. The van der Waals surface area contributed by atoms with E-state index in [1.54, 1.807) is 13.3 Å². The summed E-state index contributed by atoms with van der Waals surface area (Å²) in [6, 6.07) is 8.22. The van der Waals surface area contributed by atoms with Crippen molar-refractivity contribution in [2.45, 2.75) is 26.2 Å². The molecule has 1 aromatic carbocycles. The van der Waals surface area contributed by atoms with Crippen LogP contribution in [-0.4, -0.2) is 22.1 Å². The molecule has 0 fully saturated rings. The van der Waals surface area contributed by atoms with E-state index in [1.807, 2.05) is 12.1 Å². The lowest BCUT2D eigenvalue weighted by Gasteiger charge is -2.12. The van der Waals surface area contributed by atoms with Gasteiger partial charge in [0.15, 0.2) is 0 Å². The zero-order valence-corrected chi connectivity index (χ0v) is 13.9. The Bertz CT molecular complexity index is 879. The van der Waals surface area contributed by atoms with E-state index in [-0.39, 0.29) is 5.95 Å². The average molecular weight is 323 g/mol. The number of rotatable bonds is 5. The lowest BCUT2D eigenvalue weighted by atomic mass is 10.0. The van der Waals surface area contributed by atoms with E-state index in [1.165, 1.54) is 5.56 Å². The van der Waals surface area contributed by atoms with Crippen LogP contribution in [0.2, 0.25) is 0 Å². The van der Waals surface area contributed by atoms with E-state index in [0.29, 0.717) is 12.2 Å². The van der Waals surface area contributed by atoms with Gasteiger partial charge in [0.1, 0.15) is 17.1 Å². The lowest BCUT2D eigenvalue weighted by molar-refractivity contribution is 0.413. The second-order valence-electron chi connectivity index (χ2n) is 5.70. The van der Waals surface area contributed by atoms with E-state index < -0.39 is 0 Å². The van der Waals surface area contributed by atoms with E-state index >= 15 is 0 Å². The van der Waals surface area contributed by atoms with Gasteiger partial charge in [0.2, 0.25) is 5.95 Å². The number of nitrogen functional groups attached to an aromatic ring is 2. The number of aromatic nitrogens is 3. The predicted molar refractivity (Wildman–Crippen MR) is 96.0 cm³/mol. The van der Waals surface area contributed by atoms with Gasteiger partial charge in [-0.2, -0.15) is 4.98 Å². The summed E-state index contributed by atoms with van der Waals surface area (Å²) in [6.45, 7) is 2.15. The molecular formula is C18H21N5O. The van der Waals surface area contributed by atoms with Crippen LogP contribution in [0.25, 0.3) is 10.9 Å². The van der Waals surface area contributed by atoms with E-state index in [9.17, 15) is 0 Å². The minimum absolute atomic E-state index is 0.175. The molecular weight excluding hydrogens is 302 g/mol. The van der Waals surface area contributed by atoms with Gasteiger partial charge >= 0.3 is 0 Å². The molecule has 0 aliphatic carbocycles. The number of fused-ring (bicyclic) bond motifs is 1. The molecule has 6 heteroatoms. The van der Waals surface area contributed by atoms with E-state index in [4.69, 9.17) is 21.2 Å². The Morgan fingerprint density at radius 2 is 1.83 bits per heavy atom. The number of nitrogens with two attached hydrogens (primary N) is 2. The third-order valence-corrected chi connectivity index (χ3v) is 3.97. The molecule has 3 aromatic rings. The molecule has 2 heterocycles. The number of aryl methyl sites for hydroxylation is 1. The fourth-order valence-electron chi connectivity index (χ4n) is 2.80. The molecule has 3 rings (SSSR count). The highest BCUT2D eigenvalue weighted by molar-refractivity contribution is 5.86. The second kappa shape index (κ2) is 6.70. The highest BCUT2D eigenvalue weighted by atomic mass is 16.5. The Kier molecular flexibility index (Phi) is 4.46. The molecule has 0 atom stereocenters. The smallest absolute Gasteiger partial charge is 0.221 e. The first-order chi connectivity index (χ1) is 11.6. The normalized spacial score (nSPS) is 10.9. The number of anilines is 2. The maximum atomic E-state index is 5.92. The van der Waals surface area contributed by atoms with Gasteiger partial charge in [-0.15, -0.1) is 0 Å². The predicted octanol–water partition coefficient (Wildman–Crippen LogP) is 2.74. The molecule has 0 unspecified atom stereocenters. The SMILES string of the molecule is CCCc1ccc2ccc(Cc3cnc(N)nc3N)nc2c1OC. The summed E-state index contributed by atoms with van der Waals surface area (Å²) >= 11 is 0. The van der Waals surface area contributed by atoms with Crippen molar-refractivity contribution in [2.75, 3.05) is 18.6 Å². The molecule has 2 aromatic heterocycles. The Hall–Kier alpha value is -2.89. The first-order valence-corrected chi connectivity index (χ1v) is 7.94. The number of hydrogen-bond donors (Lipinski definition) is 2. The van der Waals surface area contributed by atoms with Crippen LogP contribution < -0.4 is 16.2 Å². The maximum Gasteiger partial charge on any atom is 0.221 e. The van der Waals surface area contributed by atoms with Crippen LogP contribution in [0.15, 0.2) is 30.5 Å². The minimum atomic E-state index is 0.175. The molecule has 0 radical (unpaired) electrons. The van der Waals surface area contributed by atoms with E-state index in [0.717, 1.165) is 40.8 Å². The summed E-state index contributed by atoms with van der Waals surface area (Å²) in [4.78, 5) is 12.8. The standard InChI is InChI=1S/C18H21N5O/c1-3-4-12-6-5-11-7-8-14(22-15(11)16(12)24-2)9-13-10-21-18(20)23-17(13)19/h5-8,10H,3-4,9H2,1-2H3,(H4,19,20,21,23). The summed E-state index contributed by atoms with van der Waals surface area (Å²) in [7, 11) is 1.69. The van der Waals surface area contributed by atoms with Gasteiger partial charge in [0, 0.05) is 29.3 Å². The summed E-state index contributed by atoms with van der Waals surface area (Å²) < 4.78 is 5.63. The zero-order valence-electron chi connectivity index (χ0n) is 13.9. The Balaban J connectivity index is 2.03. The molecule has 0 spiro atoms. The zero-order chi connectivity index (χ0) is 17.1. The van der Waals surface area contributed by atoms with Gasteiger partial charge in [-0.25, -0.2) is 9.97 Å². The third kappa shape index (κ3) is 3.08. The average Bonchev–Trinajstić information content (AvgIpc) is 2.57. The van der Waals surface area contributed by atoms with Gasteiger partial charge in [-0.3, -0.25) is 0 Å². The number of ether oxygens (including phenoxy) is 1. The first kappa shape index (κ1) is 16.0. The first-order valence-electron chi connectivity index (χ1n) is 7.94. The highest BCUT2D eigenvalue weighted by Gasteiger charge is 2.11. The number of methoxy groups -OCH3 is 1. The molecule has 0 aliphatic heterocycles. The van der Waals surface area contributed by atoms with Crippen molar-refractivity contribution in [3.8, 4) is 5.75 Å². The Labute approximate surface area is 140 Å². The molecule has 24 heavy (non-hydrogen) atoms. The van der Waals surface area contributed by atoms with Crippen LogP contribution in [0.3, 0.4) is 0 Å². The molecule has 0 saturated carbocycles. The summed E-state index contributed by atoms with van der Waals surface area (Å²) in [5.74, 6) is 1.41. The van der Waals surface area contributed by atoms with Crippen LogP contribution in [0.4, 0.5) is 11.8 Å². The van der Waals surface area contributed by atoms with Crippen molar-refractivity contribution in [1.82, 2.24) is 15.0 Å². The van der Waals surface area contributed by atoms with Gasteiger partial charge < -0.3 is 16.2 Å². The highest BCUT2D eigenvalue weighted by Crippen LogP contribution is 2.30. The van der Waals surface area contributed by atoms with Crippen molar-refractivity contribution in [3.05, 3.63) is 47.3 Å². The van der Waals surface area contributed by atoms with Crippen LogP contribution in [-0.2, 0) is 12.8 Å². The number of nitrogens with zero attached hydrogens (tertiary/aromatic N) is 3. The molecule has 4 N–H and O–H groups in total. The Morgan fingerprint density at radius 1 is 1.04 bits per heavy atom. The molecule has 0 aliphatic rings. The molecule has 0 bridgehead atoms. The van der Waals surface area contributed by atoms with Gasteiger partial charge in [-0.1, -0.05) is 31.5 Å². The molecule has 0 saturated heterocycles. The molecule has 6 nitrogen and oxygen atoms in total. The van der Waals surface area contributed by atoms with Crippen molar-refractivity contribution < 1.29 is 4.74 Å². The number of benzene rings is 1. The van der Waals surface area contributed by atoms with Gasteiger partial charge in [0.05, 0.1) is 7.11 Å². The number of pyridine rings is 1. The summed E-state index contributed by atoms with van der Waals surface area (Å²) in [6.07, 6.45) is 4.21. The fraction of sp³-hybridized carbons (Fsp3) is 0.278. The maximum absolute atomic E-state index is 5.92. The summed E-state index contributed by atoms with van der Waals surface area (Å²) in [5.41, 5.74) is 15.2. The van der Waals surface area contributed by atoms with Crippen molar-refractivity contribution in [3.63, 3.8) is 0 Å². The van der Waals surface area contributed by atoms with Crippen molar-refractivity contribution >= 4 is 22.7 Å². The minimum Gasteiger partial charge on any atom is -0.494 e. The van der Waals surface area contributed by atoms with Crippen LogP contribution in [0, 0.1) is 0 Å². The Morgan fingerprint density at radius 3 is 2.54 bits per heavy atom. The lowest BCUT2D eigenvalue weighted by Crippen LogP contribution is -2.05. The van der Waals surface area contributed by atoms with Crippen LogP contribution in [0.5, 0.6) is 5.75 Å². The summed E-state index contributed by atoms with van der Waals surface area (Å²) in [5, 5.41) is 1.05. The van der Waals surface area contributed by atoms with Crippen LogP contribution in [0.1, 0.15) is 30.2 Å². The van der Waals surface area contributed by atoms with Gasteiger partial charge in [0.25, 0.3) is 0 Å². The topological polar surface area (TPSA) is 99.9 Å². The number of hydrogen-bond acceptors (Lipinski definition) is 6. The van der Waals surface area contributed by atoms with Crippen molar-refractivity contribution in [1.29, 1.82) is 0 Å².